The minimum atomic E-state index is -0.0943. The van der Waals surface area contributed by atoms with E-state index in [1.807, 2.05) is 30.3 Å². The number of halogens is 2. The van der Waals surface area contributed by atoms with Crippen molar-refractivity contribution in [2.75, 3.05) is 7.11 Å². The minimum Gasteiger partial charge on any atom is -0.496 e. The first-order valence-electron chi connectivity index (χ1n) is 5.91. The third-order valence-corrected chi connectivity index (χ3v) is 3.69. The van der Waals surface area contributed by atoms with Gasteiger partial charge in [0, 0.05) is 8.95 Å². The largest absolute Gasteiger partial charge is 0.496 e. The molecule has 0 unspecified atom stereocenters. The van der Waals surface area contributed by atoms with E-state index in [2.05, 4.69) is 31.9 Å². The van der Waals surface area contributed by atoms with Gasteiger partial charge in [-0.3, -0.25) is 4.79 Å². The Morgan fingerprint density at radius 2 is 1.85 bits per heavy atom. The summed E-state index contributed by atoms with van der Waals surface area (Å²) in [5, 5.41) is 0. The Balaban J connectivity index is 2.26. The van der Waals surface area contributed by atoms with Gasteiger partial charge in [-0.1, -0.05) is 50.1 Å². The average molecular weight is 396 g/mol. The third kappa shape index (κ3) is 3.81. The van der Waals surface area contributed by atoms with Gasteiger partial charge in [-0.2, -0.15) is 0 Å². The van der Waals surface area contributed by atoms with Gasteiger partial charge >= 0.3 is 0 Å². The van der Waals surface area contributed by atoms with E-state index in [0.29, 0.717) is 11.3 Å². The minimum absolute atomic E-state index is 0.0943. The fraction of sp³-hybridized carbons (Fsp3) is 0.0625. The number of allylic oxidation sites excluding steroid dienone is 1. The van der Waals surface area contributed by atoms with Gasteiger partial charge in [0.15, 0.2) is 5.78 Å². The molecule has 0 saturated heterocycles. The molecule has 0 atom stereocenters. The second-order valence-electron chi connectivity index (χ2n) is 4.10. The highest BCUT2D eigenvalue weighted by atomic mass is 79.9. The highest BCUT2D eigenvalue weighted by Crippen LogP contribution is 2.24. The second-order valence-corrected chi connectivity index (χ2v) is 5.93. The summed E-state index contributed by atoms with van der Waals surface area (Å²) in [5.41, 5.74) is 1.50. The molecule has 4 heteroatoms. The lowest BCUT2D eigenvalue weighted by Crippen LogP contribution is -1.98. The molecule has 0 bridgehead atoms. The molecular weight excluding hydrogens is 384 g/mol. The second kappa shape index (κ2) is 6.86. The van der Waals surface area contributed by atoms with Gasteiger partial charge in [0.05, 0.1) is 12.7 Å². The molecule has 0 aliphatic rings. The Labute approximate surface area is 134 Å². The lowest BCUT2D eigenvalue weighted by atomic mass is 10.1. The van der Waals surface area contributed by atoms with Crippen LogP contribution in [0.1, 0.15) is 15.9 Å². The van der Waals surface area contributed by atoms with Crippen molar-refractivity contribution in [1.29, 1.82) is 0 Å². The van der Waals surface area contributed by atoms with Crippen LogP contribution in [-0.4, -0.2) is 12.9 Å². The van der Waals surface area contributed by atoms with Crippen LogP contribution in [0.25, 0.3) is 6.08 Å². The van der Waals surface area contributed by atoms with Gasteiger partial charge in [-0.25, -0.2) is 0 Å². The zero-order valence-corrected chi connectivity index (χ0v) is 13.9. The Morgan fingerprint density at radius 1 is 1.10 bits per heavy atom. The van der Waals surface area contributed by atoms with Gasteiger partial charge in [0.1, 0.15) is 5.75 Å². The van der Waals surface area contributed by atoms with Crippen LogP contribution in [0.5, 0.6) is 5.75 Å². The van der Waals surface area contributed by atoms with Gasteiger partial charge in [0.25, 0.3) is 0 Å². The van der Waals surface area contributed by atoms with E-state index >= 15 is 0 Å². The number of carbonyl (C=O) groups excluding carboxylic acids is 1. The number of methoxy groups -OCH3 is 1. The molecule has 102 valence electrons. The molecular formula is C16H12Br2O2. The highest BCUT2D eigenvalue weighted by Gasteiger charge is 2.09. The van der Waals surface area contributed by atoms with Crippen LogP contribution >= 0.6 is 31.9 Å². The number of rotatable bonds is 4. The molecule has 0 saturated carbocycles. The molecule has 2 nitrogen and oxygen atoms in total. The van der Waals surface area contributed by atoms with Crippen molar-refractivity contribution >= 4 is 43.7 Å². The molecule has 0 radical (unpaired) electrons. The van der Waals surface area contributed by atoms with Gasteiger partial charge < -0.3 is 4.74 Å². The molecule has 0 N–H and O–H groups in total. The number of ketones is 1. The van der Waals surface area contributed by atoms with Gasteiger partial charge in [-0.05, 0) is 42.0 Å². The van der Waals surface area contributed by atoms with Crippen LogP contribution in [0, 0.1) is 0 Å². The van der Waals surface area contributed by atoms with E-state index < -0.39 is 0 Å². The summed E-state index contributed by atoms with van der Waals surface area (Å²) >= 11 is 6.76. The molecule has 2 rings (SSSR count). The Morgan fingerprint density at radius 3 is 2.55 bits per heavy atom. The van der Waals surface area contributed by atoms with Crippen molar-refractivity contribution in [1.82, 2.24) is 0 Å². The molecule has 0 heterocycles. The normalized spacial score (nSPS) is 10.8. The molecule has 2 aromatic rings. The van der Waals surface area contributed by atoms with E-state index in [1.165, 1.54) is 0 Å². The maximum atomic E-state index is 12.2. The monoisotopic (exact) mass is 394 g/mol. The Bertz CT molecular complexity index is 663. The topological polar surface area (TPSA) is 26.3 Å². The lowest BCUT2D eigenvalue weighted by Gasteiger charge is -2.05. The van der Waals surface area contributed by atoms with Gasteiger partial charge in [0.2, 0.25) is 0 Å². The molecule has 20 heavy (non-hydrogen) atoms. The first kappa shape index (κ1) is 15.0. The van der Waals surface area contributed by atoms with Crippen molar-refractivity contribution in [3.63, 3.8) is 0 Å². The maximum absolute atomic E-state index is 12.2. The van der Waals surface area contributed by atoms with Crippen LogP contribution < -0.4 is 4.74 Å². The summed E-state index contributed by atoms with van der Waals surface area (Å²) in [6.45, 7) is 0. The van der Waals surface area contributed by atoms with Crippen LogP contribution in [0.3, 0.4) is 0 Å². The Hall–Kier alpha value is -1.39. The predicted octanol–water partition coefficient (Wildman–Crippen LogP) is 5.12. The zero-order chi connectivity index (χ0) is 14.5. The quantitative estimate of drug-likeness (QED) is 0.530. The summed E-state index contributed by atoms with van der Waals surface area (Å²) in [5.74, 6) is 0.472. The fourth-order valence-electron chi connectivity index (χ4n) is 1.74. The molecule has 0 aliphatic carbocycles. The maximum Gasteiger partial charge on any atom is 0.189 e. The average Bonchev–Trinajstić information content (AvgIpc) is 2.45. The summed E-state index contributed by atoms with van der Waals surface area (Å²) in [6, 6.07) is 13.1. The summed E-state index contributed by atoms with van der Waals surface area (Å²) in [6.07, 6.45) is 3.33. The van der Waals surface area contributed by atoms with Crippen molar-refractivity contribution < 1.29 is 9.53 Å². The van der Waals surface area contributed by atoms with Crippen molar-refractivity contribution in [2.45, 2.75) is 0 Å². The standard InChI is InChI=1S/C16H12Br2O2/c1-20-16-8-6-13(18)10-14(16)15(19)7-5-11-3-2-4-12(17)9-11/h2-10H,1H3. The highest BCUT2D eigenvalue weighted by molar-refractivity contribution is 9.10. The molecule has 0 amide bonds. The molecule has 0 fully saturated rings. The molecule has 0 aliphatic heterocycles. The van der Waals surface area contributed by atoms with E-state index in [4.69, 9.17) is 4.74 Å². The van der Waals surface area contributed by atoms with Crippen LogP contribution in [0.2, 0.25) is 0 Å². The smallest absolute Gasteiger partial charge is 0.189 e. The number of ether oxygens (including phenoxy) is 1. The van der Waals surface area contributed by atoms with E-state index in [0.717, 1.165) is 14.5 Å². The van der Waals surface area contributed by atoms with E-state index in [-0.39, 0.29) is 5.78 Å². The fourth-order valence-corrected chi connectivity index (χ4v) is 2.52. The Kier molecular flexibility index (Phi) is 5.15. The number of carbonyl (C=O) groups is 1. The van der Waals surface area contributed by atoms with Crippen molar-refractivity contribution in [3.8, 4) is 5.75 Å². The molecule has 0 spiro atoms. The van der Waals surface area contributed by atoms with Crippen LogP contribution in [0.15, 0.2) is 57.5 Å². The third-order valence-electron chi connectivity index (χ3n) is 2.70. The molecule has 0 aromatic heterocycles. The number of benzene rings is 2. The van der Waals surface area contributed by atoms with Crippen molar-refractivity contribution in [2.24, 2.45) is 0 Å². The van der Waals surface area contributed by atoms with E-state index in [1.54, 1.807) is 31.4 Å². The summed E-state index contributed by atoms with van der Waals surface area (Å²) < 4.78 is 7.03. The predicted molar refractivity (Wildman–Crippen MR) is 88.2 cm³/mol. The number of hydrogen-bond donors (Lipinski definition) is 0. The number of hydrogen-bond acceptors (Lipinski definition) is 2. The SMILES string of the molecule is COc1ccc(Br)cc1C(=O)C=Cc1cccc(Br)c1. The van der Waals surface area contributed by atoms with E-state index in [9.17, 15) is 4.79 Å². The van der Waals surface area contributed by atoms with Crippen molar-refractivity contribution in [3.05, 3.63) is 68.6 Å². The zero-order valence-electron chi connectivity index (χ0n) is 10.8. The van der Waals surface area contributed by atoms with Gasteiger partial charge in [-0.15, -0.1) is 0 Å². The summed E-state index contributed by atoms with van der Waals surface area (Å²) in [7, 11) is 1.55. The summed E-state index contributed by atoms with van der Waals surface area (Å²) in [4.78, 5) is 12.2. The van der Waals surface area contributed by atoms with Crippen LogP contribution in [0.4, 0.5) is 0 Å². The first-order valence-corrected chi connectivity index (χ1v) is 7.50. The first-order chi connectivity index (χ1) is 9.60. The molecule has 2 aromatic carbocycles. The lowest BCUT2D eigenvalue weighted by molar-refractivity contribution is 0.104. The van der Waals surface area contributed by atoms with Crippen LogP contribution in [-0.2, 0) is 0 Å².